The van der Waals surface area contributed by atoms with Crippen LogP contribution in [0.15, 0.2) is 72.9 Å². The largest absolute Gasteiger partial charge is 0.326 e. The minimum Gasteiger partial charge on any atom is -0.326 e. The summed E-state index contributed by atoms with van der Waals surface area (Å²) < 4.78 is 0. The van der Waals surface area contributed by atoms with Gasteiger partial charge in [-0.3, -0.25) is 14.5 Å². The first kappa shape index (κ1) is 22.5. The zero-order valence-electron chi connectivity index (χ0n) is 19.7. The predicted molar refractivity (Wildman–Crippen MR) is 139 cm³/mol. The van der Waals surface area contributed by atoms with E-state index in [2.05, 4.69) is 15.6 Å². The number of hydrogen-bond donors (Lipinski definition) is 2. The summed E-state index contributed by atoms with van der Waals surface area (Å²) in [5.41, 5.74) is 5.16. The first-order valence-corrected chi connectivity index (χ1v) is 11.5. The van der Waals surface area contributed by atoms with Crippen LogP contribution in [0, 0.1) is 0 Å². The van der Waals surface area contributed by atoms with E-state index in [1.165, 1.54) is 6.92 Å². The second kappa shape index (κ2) is 9.52. The van der Waals surface area contributed by atoms with Crippen molar-refractivity contribution >= 4 is 45.7 Å². The zero-order valence-corrected chi connectivity index (χ0v) is 19.7. The zero-order chi connectivity index (χ0) is 24.4. The number of likely N-dealkylation sites (N-methyl/N-ethyl adjacent to an activating group) is 1. The lowest BCUT2D eigenvalue weighted by Crippen LogP contribution is -2.48. The number of rotatable bonds is 5. The van der Waals surface area contributed by atoms with E-state index in [-0.39, 0.29) is 11.8 Å². The maximum Gasteiger partial charge on any atom is 0.241 e. The Balaban J connectivity index is 1.40. The maximum atomic E-state index is 12.4. The van der Waals surface area contributed by atoms with Gasteiger partial charge in [0.05, 0.1) is 12.1 Å². The Bertz CT molecular complexity index is 1400. The van der Waals surface area contributed by atoms with E-state index in [0.29, 0.717) is 19.0 Å². The standard InChI is InChI=1S/C27H26N6O2/c1-18(34)29-22-7-3-5-19(15-22)24-8-4-6-20-16-28-27(31-26(20)24)30-21-9-11-23(12-10-21)33-14-13-32(2)17-25(33)35/h3-12,15-16H,13-14,17H2,1-2H3,(H,29,34)(H,28,30,31). The fourth-order valence-corrected chi connectivity index (χ4v) is 4.23. The summed E-state index contributed by atoms with van der Waals surface area (Å²) in [6.07, 6.45) is 1.79. The van der Waals surface area contributed by atoms with E-state index in [1.54, 1.807) is 6.20 Å². The average Bonchev–Trinajstić information content (AvgIpc) is 2.84. The number of amides is 2. The molecule has 0 unspecified atom stereocenters. The summed E-state index contributed by atoms with van der Waals surface area (Å²) in [5.74, 6) is 0.468. The molecular weight excluding hydrogens is 440 g/mol. The number of nitrogens with one attached hydrogen (secondary N) is 2. The van der Waals surface area contributed by atoms with E-state index in [0.717, 1.165) is 45.6 Å². The van der Waals surface area contributed by atoms with Gasteiger partial charge in [-0.15, -0.1) is 0 Å². The van der Waals surface area contributed by atoms with Crippen molar-refractivity contribution in [2.75, 3.05) is 42.2 Å². The van der Waals surface area contributed by atoms with Crippen LogP contribution in [0.1, 0.15) is 6.92 Å². The number of aromatic nitrogens is 2. The smallest absolute Gasteiger partial charge is 0.241 e. The lowest BCUT2D eigenvalue weighted by molar-refractivity contribution is -0.120. The van der Waals surface area contributed by atoms with Crippen LogP contribution >= 0.6 is 0 Å². The van der Waals surface area contributed by atoms with E-state index in [1.807, 2.05) is 83.6 Å². The first-order chi connectivity index (χ1) is 17.0. The van der Waals surface area contributed by atoms with E-state index < -0.39 is 0 Å². The average molecular weight is 467 g/mol. The van der Waals surface area contributed by atoms with Gasteiger partial charge in [-0.25, -0.2) is 9.97 Å². The van der Waals surface area contributed by atoms with Gasteiger partial charge < -0.3 is 15.5 Å². The van der Waals surface area contributed by atoms with Gasteiger partial charge in [0.2, 0.25) is 17.8 Å². The van der Waals surface area contributed by atoms with Crippen LogP contribution in [0.5, 0.6) is 0 Å². The highest BCUT2D eigenvalue weighted by Crippen LogP contribution is 2.30. The number of piperazine rings is 1. The number of carbonyl (C=O) groups excluding carboxylic acids is 2. The summed E-state index contributed by atoms with van der Waals surface area (Å²) in [5, 5.41) is 7.02. The second-order valence-electron chi connectivity index (χ2n) is 8.65. The molecule has 0 radical (unpaired) electrons. The molecule has 3 aromatic carbocycles. The highest BCUT2D eigenvalue weighted by Gasteiger charge is 2.22. The normalized spacial score (nSPS) is 14.2. The van der Waals surface area contributed by atoms with Crippen LogP contribution in [0.2, 0.25) is 0 Å². The Labute approximate surface area is 203 Å². The fraction of sp³-hybridized carbons (Fsp3) is 0.185. The molecule has 1 fully saturated rings. The lowest BCUT2D eigenvalue weighted by atomic mass is 10.0. The molecule has 8 heteroatoms. The molecule has 5 rings (SSSR count). The van der Waals surface area contributed by atoms with Crippen molar-refractivity contribution in [1.29, 1.82) is 0 Å². The van der Waals surface area contributed by atoms with Crippen LogP contribution < -0.4 is 15.5 Å². The Morgan fingerprint density at radius 3 is 2.54 bits per heavy atom. The number of benzene rings is 3. The van der Waals surface area contributed by atoms with Gasteiger partial charge in [-0.2, -0.15) is 0 Å². The molecule has 0 saturated carbocycles. The fourth-order valence-electron chi connectivity index (χ4n) is 4.23. The first-order valence-electron chi connectivity index (χ1n) is 11.5. The molecule has 2 N–H and O–H groups in total. The van der Waals surface area contributed by atoms with Gasteiger partial charge >= 0.3 is 0 Å². The molecule has 35 heavy (non-hydrogen) atoms. The minimum absolute atomic E-state index is 0.104. The van der Waals surface area contributed by atoms with Crippen molar-refractivity contribution in [2.24, 2.45) is 0 Å². The molecule has 8 nitrogen and oxygen atoms in total. The van der Waals surface area contributed by atoms with Gasteiger partial charge in [0, 0.05) is 54.2 Å². The molecule has 0 aliphatic carbocycles. The van der Waals surface area contributed by atoms with Gasteiger partial charge in [-0.1, -0.05) is 30.3 Å². The number of nitrogens with zero attached hydrogens (tertiary/aromatic N) is 4. The summed E-state index contributed by atoms with van der Waals surface area (Å²) in [7, 11) is 1.96. The van der Waals surface area contributed by atoms with Gasteiger partial charge in [0.1, 0.15) is 0 Å². The molecule has 1 aromatic heterocycles. The summed E-state index contributed by atoms with van der Waals surface area (Å²) in [4.78, 5) is 36.9. The molecule has 2 heterocycles. The monoisotopic (exact) mass is 466 g/mol. The Morgan fingerprint density at radius 1 is 0.971 bits per heavy atom. The van der Waals surface area contributed by atoms with Crippen molar-refractivity contribution in [3.05, 3.63) is 72.9 Å². The molecule has 0 spiro atoms. The summed E-state index contributed by atoms with van der Waals surface area (Å²) in [6.45, 7) is 3.46. The molecule has 1 aliphatic rings. The molecule has 4 aromatic rings. The lowest BCUT2D eigenvalue weighted by Gasteiger charge is -2.32. The third kappa shape index (κ3) is 4.97. The molecule has 1 aliphatic heterocycles. The van der Waals surface area contributed by atoms with Crippen LogP contribution in [-0.2, 0) is 9.59 Å². The molecular formula is C27H26N6O2. The highest BCUT2D eigenvalue weighted by atomic mass is 16.2. The van der Waals surface area contributed by atoms with Crippen molar-refractivity contribution in [3.63, 3.8) is 0 Å². The maximum absolute atomic E-state index is 12.4. The number of anilines is 4. The number of hydrogen-bond acceptors (Lipinski definition) is 6. The number of carbonyl (C=O) groups is 2. The van der Waals surface area contributed by atoms with Crippen LogP contribution in [-0.4, -0.2) is 53.4 Å². The Hall–Kier alpha value is -4.30. The second-order valence-corrected chi connectivity index (χ2v) is 8.65. The van der Waals surface area contributed by atoms with Crippen LogP contribution in [0.4, 0.5) is 23.0 Å². The third-order valence-electron chi connectivity index (χ3n) is 5.95. The molecule has 1 saturated heterocycles. The van der Waals surface area contributed by atoms with Crippen LogP contribution in [0.3, 0.4) is 0 Å². The molecule has 0 atom stereocenters. The summed E-state index contributed by atoms with van der Waals surface area (Å²) in [6, 6.07) is 21.4. The van der Waals surface area contributed by atoms with E-state index >= 15 is 0 Å². The van der Waals surface area contributed by atoms with Crippen molar-refractivity contribution in [3.8, 4) is 11.1 Å². The highest BCUT2D eigenvalue weighted by molar-refractivity contribution is 5.96. The van der Waals surface area contributed by atoms with Crippen molar-refractivity contribution < 1.29 is 9.59 Å². The van der Waals surface area contributed by atoms with Crippen molar-refractivity contribution in [1.82, 2.24) is 14.9 Å². The number of para-hydroxylation sites is 1. The minimum atomic E-state index is -0.114. The summed E-state index contributed by atoms with van der Waals surface area (Å²) >= 11 is 0. The predicted octanol–water partition coefficient (Wildman–Crippen LogP) is 4.28. The third-order valence-corrected chi connectivity index (χ3v) is 5.95. The SMILES string of the molecule is CC(=O)Nc1cccc(-c2cccc3cnc(Nc4ccc(N5CCN(C)CC5=O)cc4)nc23)c1. The van der Waals surface area contributed by atoms with E-state index in [9.17, 15) is 9.59 Å². The quantitative estimate of drug-likeness (QED) is 0.456. The molecule has 0 bridgehead atoms. The van der Waals surface area contributed by atoms with Gasteiger partial charge in [0.15, 0.2) is 0 Å². The molecule has 176 valence electrons. The van der Waals surface area contributed by atoms with Crippen LogP contribution in [0.25, 0.3) is 22.0 Å². The topological polar surface area (TPSA) is 90.5 Å². The van der Waals surface area contributed by atoms with Gasteiger partial charge in [0.25, 0.3) is 0 Å². The number of fused-ring (bicyclic) bond motifs is 1. The van der Waals surface area contributed by atoms with E-state index in [4.69, 9.17) is 4.98 Å². The van der Waals surface area contributed by atoms with Crippen molar-refractivity contribution in [2.45, 2.75) is 6.92 Å². The Kier molecular flexibility index (Phi) is 6.12. The van der Waals surface area contributed by atoms with Gasteiger partial charge in [-0.05, 0) is 49.0 Å². The Morgan fingerprint density at radius 2 is 1.77 bits per heavy atom. The molecule has 2 amide bonds.